The maximum Gasteiger partial charge on any atom is 0.0614 e. The van der Waals surface area contributed by atoms with Gasteiger partial charge in [-0.3, -0.25) is 0 Å². The van der Waals surface area contributed by atoms with Crippen LogP contribution in [0.25, 0.3) is 0 Å². The molecule has 3 nitrogen and oxygen atoms in total. The molecule has 0 aromatic carbocycles. The van der Waals surface area contributed by atoms with Gasteiger partial charge < -0.3 is 15.2 Å². The fourth-order valence-corrected chi connectivity index (χ4v) is 3.65. The number of hydrogen-bond acceptors (Lipinski definition) is 3. The minimum absolute atomic E-state index is 0.0263. The molecule has 3 rings (SSSR count). The summed E-state index contributed by atoms with van der Waals surface area (Å²) in [6.45, 7) is 1.22. The Balaban J connectivity index is 1.44. The van der Waals surface area contributed by atoms with Gasteiger partial charge in [-0.2, -0.15) is 0 Å². The van der Waals surface area contributed by atoms with Crippen LogP contribution >= 0.6 is 0 Å². The van der Waals surface area contributed by atoms with E-state index in [0.29, 0.717) is 12.1 Å². The van der Waals surface area contributed by atoms with Crippen LogP contribution in [-0.4, -0.2) is 36.0 Å². The van der Waals surface area contributed by atoms with Crippen LogP contribution in [0.1, 0.15) is 57.8 Å². The number of rotatable bonds is 6. The zero-order valence-corrected chi connectivity index (χ0v) is 11.4. The SMILES string of the molecule is OCC1(NC2CC2)CCC(OCC2CCCC2)C1. The first-order valence-electron chi connectivity index (χ1n) is 7.80. The molecule has 0 saturated heterocycles. The molecular formula is C15H27NO2. The van der Waals surface area contributed by atoms with E-state index >= 15 is 0 Å². The third-order valence-corrected chi connectivity index (χ3v) is 5.00. The first-order valence-corrected chi connectivity index (χ1v) is 7.80. The van der Waals surface area contributed by atoms with Gasteiger partial charge in [-0.15, -0.1) is 0 Å². The summed E-state index contributed by atoms with van der Waals surface area (Å²) in [5.74, 6) is 0.811. The summed E-state index contributed by atoms with van der Waals surface area (Å²) in [6.07, 6.45) is 11.7. The summed E-state index contributed by atoms with van der Waals surface area (Å²) in [7, 11) is 0. The molecule has 3 aliphatic rings. The van der Waals surface area contributed by atoms with Gasteiger partial charge in [0, 0.05) is 18.2 Å². The highest BCUT2D eigenvalue weighted by Crippen LogP contribution is 2.36. The van der Waals surface area contributed by atoms with Crippen LogP contribution in [0.5, 0.6) is 0 Å². The second kappa shape index (κ2) is 5.48. The highest BCUT2D eigenvalue weighted by molar-refractivity contribution is 5.01. The molecule has 0 heterocycles. The van der Waals surface area contributed by atoms with Crippen molar-refractivity contribution in [3.05, 3.63) is 0 Å². The minimum atomic E-state index is -0.0263. The van der Waals surface area contributed by atoms with Crippen molar-refractivity contribution in [1.82, 2.24) is 5.32 Å². The number of aliphatic hydroxyl groups is 1. The smallest absolute Gasteiger partial charge is 0.0614 e. The lowest BCUT2D eigenvalue weighted by Crippen LogP contribution is -2.48. The van der Waals surface area contributed by atoms with E-state index < -0.39 is 0 Å². The molecule has 0 radical (unpaired) electrons. The van der Waals surface area contributed by atoms with Gasteiger partial charge in [0.05, 0.1) is 12.7 Å². The summed E-state index contributed by atoms with van der Waals surface area (Å²) in [5.41, 5.74) is -0.0263. The summed E-state index contributed by atoms with van der Waals surface area (Å²) in [6, 6.07) is 0.672. The molecule has 0 aromatic rings. The van der Waals surface area contributed by atoms with Gasteiger partial charge in [-0.05, 0) is 50.9 Å². The Kier molecular flexibility index (Phi) is 3.92. The van der Waals surface area contributed by atoms with Crippen molar-refractivity contribution in [2.45, 2.75) is 75.5 Å². The van der Waals surface area contributed by atoms with Crippen molar-refractivity contribution in [3.8, 4) is 0 Å². The fourth-order valence-electron chi connectivity index (χ4n) is 3.65. The molecule has 2 N–H and O–H groups in total. The normalized spacial score (nSPS) is 37.5. The lowest BCUT2D eigenvalue weighted by Gasteiger charge is -2.28. The van der Waals surface area contributed by atoms with Crippen molar-refractivity contribution in [2.75, 3.05) is 13.2 Å². The Labute approximate surface area is 110 Å². The van der Waals surface area contributed by atoms with Crippen LogP contribution in [-0.2, 0) is 4.74 Å². The second-order valence-corrected chi connectivity index (χ2v) is 6.71. The first-order chi connectivity index (χ1) is 8.80. The maximum absolute atomic E-state index is 9.67. The first kappa shape index (κ1) is 12.9. The molecule has 2 unspecified atom stereocenters. The van der Waals surface area contributed by atoms with Crippen molar-refractivity contribution in [3.63, 3.8) is 0 Å². The Hall–Kier alpha value is -0.120. The average molecular weight is 253 g/mol. The summed E-state index contributed by atoms with van der Waals surface area (Å²) in [5, 5.41) is 13.3. The van der Waals surface area contributed by atoms with E-state index in [0.717, 1.165) is 31.8 Å². The fraction of sp³-hybridized carbons (Fsp3) is 1.00. The monoisotopic (exact) mass is 253 g/mol. The van der Waals surface area contributed by atoms with Crippen LogP contribution in [0.15, 0.2) is 0 Å². The largest absolute Gasteiger partial charge is 0.394 e. The molecule has 3 fully saturated rings. The maximum atomic E-state index is 9.67. The highest BCUT2D eigenvalue weighted by Gasteiger charge is 2.42. The number of ether oxygens (including phenoxy) is 1. The molecular weight excluding hydrogens is 226 g/mol. The Morgan fingerprint density at radius 2 is 1.89 bits per heavy atom. The standard InChI is InChI=1S/C15H27NO2/c17-11-15(16-13-5-6-13)8-7-14(9-15)18-10-12-3-1-2-4-12/h12-14,16-17H,1-11H2. The van der Waals surface area contributed by atoms with Crippen LogP contribution in [0.2, 0.25) is 0 Å². The van der Waals surface area contributed by atoms with Crippen LogP contribution < -0.4 is 5.32 Å². The molecule has 3 saturated carbocycles. The second-order valence-electron chi connectivity index (χ2n) is 6.71. The lowest BCUT2D eigenvalue weighted by atomic mass is 9.98. The van der Waals surface area contributed by atoms with Gasteiger partial charge in [0.15, 0.2) is 0 Å². The summed E-state index contributed by atoms with van der Waals surface area (Å²) < 4.78 is 6.09. The van der Waals surface area contributed by atoms with Gasteiger partial charge >= 0.3 is 0 Å². The molecule has 0 aromatic heterocycles. The van der Waals surface area contributed by atoms with Crippen molar-refractivity contribution >= 4 is 0 Å². The van der Waals surface area contributed by atoms with Gasteiger partial charge in [0.1, 0.15) is 0 Å². The molecule has 0 aliphatic heterocycles. The molecule has 3 heteroatoms. The van der Waals surface area contributed by atoms with Crippen molar-refractivity contribution in [2.24, 2.45) is 5.92 Å². The Morgan fingerprint density at radius 1 is 1.11 bits per heavy atom. The number of nitrogens with one attached hydrogen (secondary N) is 1. The zero-order valence-electron chi connectivity index (χ0n) is 11.4. The molecule has 0 bridgehead atoms. The highest BCUT2D eigenvalue weighted by atomic mass is 16.5. The van der Waals surface area contributed by atoms with Crippen LogP contribution in [0.4, 0.5) is 0 Å². The predicted octanol–water partition coefficient (Wildman–Crippen LogP) is 2.23. The third-order valence-electron chi connectivity index (χ3n) is 5.00. The van der Waals surface area contributed by atoms with E-state index in [2.05, 4.69) is 5.32 Å². The average Bonchev–Trinajstić information content (AvgIpc) is 2.91. The van der Waals surface area contributed by atoms with Gasteiger partial charge in [0.2, 0.25) is 0 Å². The van der Waals surface area contributed by atoms with Crippen molar-refractivity contribution in [1.29, 1.82) is 0 Å². The summed E-state index contributed by atoms with van der Waals surface area (Å²) in [4.78, 5) is 0. The van der Waals surface area contributed by atoms with E-state index in [9.17, 15) is 5.11 Å². The van der Waals surface area contributed by atoms with Gasteiger partial charge in [-0.25, -0.2) is 0 Å². The van der Waals surface area contributed by atoms with Crippen LogP contribution in [0, 0.1) is 5.92 Å². The zero-order chi connectivity index (χ0) is 12.4. The number of hydrogen-bond donors (Lipinski definition) is 2. The lowest BCUT2D eigenvalue weighted by molar-refractivity contribution is 0.0258. The van der Waals surface area contributed by atoms with E-state index in [-0.39, 0.29) is 12.1 Å². The predicted molar refractivity (Wildman–Crippen MR) is 71.5 cm³/mol. The molecule has 2 atom stereocenters. The topological polar surface area (TPSA) is 41.5 Å². The quantitative estimate of drug-likeness (QED) is 0.763. The Bertz CT molecular complexity index is 274. The van der Waals surface area contributed by atoms with Crippen molar-refractivity contribution < 1.29 is 9.84 Å². The van der Waals surface area contributed by atoms with Gasteiger partial charge in [0.25, 0.3) is 0 Å². The van der Waals surface area contributed by atoms with Crippen LogP contribution in [0.3, 0.4) is 0 Å². The van der Waals surface area contributed by atoms with E-state index in [1.54, 1.807) is 0 Å². The molecule has 104 valence electrons. The third kappa shape index (κ3) is 3.06. The molecule has 0 spiro atoms. The van der Waals surface area contributed by atoms with E-state index in [4.69, 9.17) is 4.74 Å². The van der Waals surface area contributed by atoms with E-state index in [1.165, 1.54) is 38.5 Å². The van der Waals surface area contributed by atoms with Gasteiger partial charge in [-0.1, -0.05) is 12.8 Å². The number of aliphatic hydroxyl groups excluding tert-OH is 1. The molecule has 3 aliphatic carbocycles. The minimum Gasteiger partial charge on any atom is -0.394 e. The molecule has 0 amide bonds. The Morgan fingerprint density at radius 3 is 2.56 bits per heavy atom. The summed E-state index contributed by atoms with van der Waals surface area (Å²) >= 11 is 0. The van der Waals surface area contributed by atoms with E-state index in [1.807, 2.05) is 0 Å². The molecule has 18 heavy (non-hydrogen) atoms.